The summed E-state index contributed by atoms with van der Waals surface area (Å²) >= 11 is 0. The highest BCUT2D eigenvalue weighted by Gasteiger charge is 2.47. The number of carbonyl (C=O) groups is 1. The van der Waals surface area contributed by atoms with Crippen LogP contribution in [0.2, 0.25) is 0 Å². The van der Waals surface area contributed by atoms with Gasteiger partial charge in [-0.3, -0.25) is 0 Å². The second kappa shape index (κ2) is 12.2. The Bertz CT molecular complexity index is 2060. The summed E-state index contributed by atoms with van der Waals surface area (Å²) in [6, 6.07) is 26.0. The summed E-state index contributed by atoms with van der Waals surface area (Å²) in [6.07, 6.45) is 6.00. The fourth-order valence-electron chi connectivity index (χ4n) is 7.92. The topological polar surface area (TPSA) is 72.5 Å². The van der Waals surface area contributed by atoms with Crippen LogP contribution in [0.15, 0.2) is 84.9 Å². The number of hydrogen-bond acceptors (Lipinski definition) is 7. The Kier molecular flexibility index (Phi) is 8.02. The molecule has 0 bridgehead atoms. The van der Waals surface area contributed by atoms with Crippen molar-refractivity contribution in [3.8, 4) is 39.9 Å². The molecule has 0 radical (unpaired) electrons. The molecular weight excluding hydrogens is 616 g/mol. The molecule has 250 valence electrons. The quantitative estimate of drug-likeness (QED) is 0.147. The lowest BCUT2D eigenvalue weighted by molar-refractivity contribution is 0.0600. The smallest absolute Gasteiger partial charge is 0.337 e. The maximum atomic E-state index is 12.8. The normalized spacial score (nSPS) is 14.7. The second-order valence-electron chi connectivity index (χ2n) is 12.4. The summed E-state index contributed by atoms with van der Waals surface area (Å²) in [5, 5.41) is 1.88. The molecular formula is C42H40O7. The predicted molar refractivity (Wildman–Crippen MR) is 192 cm³/mol. The largest absolute Gasteiger partial charge is 0.497 e. The second-order valence-corrected chi connectivity index (χ2v) is 12.4. The summed E-state index contributed by atoms with van der Waals surface area (Å²) in [5.41, 5.74) is 6.53. The molecule has 0 saturated heterocycles. The van der Waals surface area contributed by atoms with Gasteiger partial charge in [0.2, 0.25) is 0 Å². The first kappa shape index (κ1) is 32.1. The molecule has 7 heteroatoms. The zero-order chi connectivity index (χ0) is 34.5. The van der Waals surface area contributed by atoms with Crippen LogP contribution in [0.3, 0.4) is 0 Å². The number of hydrogen-bond donors (Lipinski definition) is 0. The summed E-state index contributed by atoms with van der Waals surface area (Å²) in [5.74, 6) is 3.13. The molecule has 0 aromatic heterocycles. The van der Waals surface area contributed by atoms with Crippen LogP contribution in [-0.4, -0.2) is 41.5 Å². The third-order valence-corrected chi connectivity index (χ3v) is 10.5. The van der Waals surface area contributed by atoms with Crippen LogP contribution in [-0.2, 0) is 15.8 Å². The summed E-state index contributed by atoms with van der Waals surface area (Å²) in [6.45, 7) is 4.43. The third kappa shape index (κ3) is 4.66. The Morgan fingerprint density at radius 2 is 1.27 bits per heavy atom. The van der Waals surface area contributed by atoms with Gasteiger partial charge in [0.15, 0.2) is 17.1 Å². The van der Waals surface area contributed by atoms with Crippen molar-refractivity contribution < 1.29 is 33.2 Å². The highest BCUT2D eigenvalue weighted by atomic mass is 16.5. The first-order valence-electron chi connectivity index (χ1n) is 16.5. The van der Waals surface area contributed by atoms with Gasteiger partial charge in [-0.15, -0.1) is 0 Å². The van der Waals surface area contributed by atoms with Crippen molar-refractivity contribution in [3.63, 3.8) is 0 Å². The maximum Gasteiger partial charge on any atom is 0.337 e. The van der Waals surface area contributed by atoms with E-state index in [1.54, 1.807) is 28.4 Å². The summed E-state index contributed by atoms with van der Waals surface area (Å²) in [7, 11) is 8.04. The molecule has 0 saturated carbocycles. The Morgan fingerprint density at radius 3 is 1.78 bits per heavy atom. The van der Waals surface area contributed by atoms with Crippen LogP contribution in [0, 0.1) is 0 Å². The lowest BCUT2D eigenvalue weighted by Gasteiger charge is -2.39. The minimum absolute atomic E-state index is 0.356. The first-order valence-corrected chi connectivity index (χ1v) is 16.5. The number of fused-ring (bicyclic) bond motifs is 8. The van der Waals surface area contributed by atoms with Crippen molar-refractivity contribution in [1.82, 2.24) is 0 Å². The lowest BCUT2D eigenvalue weighted by atomic mass is 9.71. The number of ether oxygens (including phenoxy) is 6. The van der Waals surface area contributed by atoms with Crippen LogP contribution in [0.5, 0.6) is 28.7 Å². The van der Waals surface area contributed by atoms with Crippen LogP contribution in [0.1, 0.15) is 64.9 Å². The molecule has 5 aromatic carbocycles. The van der Waals surface area contributed by atoms with Gasteiger partial charge in [-0.2, -0.15) is 0 Å². The van der Waals surface area contributed by atoms with Crippen molar-refractivity contribution in [2.75, 3.05) is 35.5 Å². The van der Waals surface area contributed by atoms with Crippen LogP contribution in [0.25, 0.3) is 28.0 Å². The van der Waals surface area contributed by atoms with Gasteiger partial charge in [0.25, 0.3) is 0 Å². The fourth-order valence-corrected chi connectivity index (χ4v) is 7.92. The van der Waals surface area contributed by atoms with Gasteiger partial charge in [-0.25, -0.2) is 4.79 Å². The minimum Gasteiger partial charge on any atom is -0.497 e. The van der Waals surface area contributed by atoms with E-state index in [4.69, 9.17) is 28.4 Å². The molecule has 0 atom stereocenters. The molecule has 0 unspecified atom stereocenters. The van der Waals surface area contributed by atoms with Gasteiger partial charge in [-0.05, 0) is 95.1 Å². The van der Waals surface area contributed by atoms with E-state index in [9.17, 15) is 4.79 Å². The number of carbonyl (C=O) groups excluding carboxylic acids is 1. The van der Waals surface area contributed by atoms with E-state index in [-0.39, 0.29) is 5.97 Å². The Hall–Kier alpha value is -5.43. The summed E-state index contributed by atoms with van der Waals surface area (Å²) in [4.78, 5) is 12.8. The molecule has 2 aliphatic rings. The molecule has 49 heavy (non-hydrogen) atoms. The van der Waals surface area contributed by atoms with E-state index < -0.39 is 11.0 Å². The average Bonchev–Trinajstić information content (AvgIpc) is 3.46. The molecule has 0 amide bonds. The molecule has 1 aliphatic heterocycles. The van der Waals surface area contributed by atoms with Crippen molar-refractivity contribution >= 4 is 22.8 Å². The van der Waals surface area contributed by atoms with Gasteiger partial charge < -0.3 is 28.4 Å². The van der Waals surface area contributed by atoms with E-state index in [1.165, 1.54) is 12.7 Å². The zero-order valence-corrected chi connectivity index (χ0v) is 28.9. The average molecular weight is 657 g/mol. The molecule has 7 rings (SSSR count). The van der Waals surface area contributed by atoms with Crippen LogP contribution < -0.4 is 23.7 Å². The van der Waals surface area contributed by atoms with Gasteiger partial charge in [0.1, 0.15) is 17.2 Å². The van der Waals surface area contributed by atoms with Crippen molar-refractivity contribution in [1.29, 1.82) is 0 Å². The van der Waals surface area contributed by atoms with Crippen LogP contribution in [0.4, 0.5) is 0 Å². The fraction of sp³-hybridized carbons (Fsp3) is 0.262. The van der Waals surface area contributed by atoms with Crippen molar-refractivity contribution in [2.45, 2.75) is 37.7 Å². The number of benzene rings is 5. The predicted octanol–water partition coefficient (Wildman–Crippen LogP) is 9.10. The molecule has 0 fully saturated rings. The molecule has 0 N–H and O–H groups in total. The van der Waals surface area contributed by atoms with Gasteiger partial charge in [0, 0.05) is 27.5 Å². The van der Waals surface area contributed by atoms with Gasteiger partial charge >= 0.3 is 5.97 Å². The Morgan fingerprint density at radius 1 is 0.694 bits per heavy atom. The number of esters is 1. The highest BCUT2D eigenvalue weighted by molar-refractivity contribution is 6.10. The molecule has 0 spiro atoms. The third-order valence-electron chi connectivity index (χ3n) is 10.5. The van der Waals surface area contributed by atoms with E-state index in [0.717, 1.165) is 74.2 Å². The monoisotopic (exact) mass is 656 g/mol. The first-order chi connectivity index (χ1) is 23.8. The summed E-state index contributed by atoms with van der Waals surface area (Å²) < 4.78 is 35.4. The van der Waals surface area contributed by atoms with E-state index in [2.05, 4.69) is 38.1 Å². The molecule has 7 nitrogen and oxygen atoms in total. The maximum absolute atomic E-state index is 12.8. The standard InChI is InChI=1S/C42H40O7/c1-8-41(9-2)34-22-25(40(43)48-7)10-19-30(34)37-32-23-35(46-5)36(47-6)24-33(32)39-31(38(37)41)20-21-42(49-39,26-11-15-28(44-3)16-12-26)27-13-17-29(45-4)18-14-27/h10-24H,8-9H2,1-7H3. The molecule has 5 aromatic rings. The zero-order valence-electron chi connectivity index (χ0n) is 28.9. The van der Waals surface area contributed by atoms with E-state index in [0.29, 0.717) is 17.1 Å². The van der Waals surface area contributed by atoms with Crippen molar-refractivity contribution in [3.05, 3.63) is 118 Å². The Labute approximate surface area is 287 Å². The highest BCUT2D eigenvalue weighted by Crippen LogP contribution is 2.61. The number of rotatable bonds is 9. The minimum atomic E-state index is -0.982. The van der Waals surface area contributed by atoms with Gasteiger partial charge in [-0.1, -0.05) is 50.3 Å². The molecule has 1 heterocycles. The van der Waals surface area contributed by atoms with Gasteiger partial charge in [0.05, 0.1) is 41.1 Å². The van der Waals surface area contributed by atoms with E-state index >= 15 is 0 Å². The SMILES string of the molecule is CCC1(CC)c2cc(C(=O)OC)ccc2-c2c1c1c(c3cc(OC)c(OC)cc23)OC(c2ccc(OC)cc2)(c2ccc(OC)cc2)C=C1. The Balaban J connectivity index is 1.59. The molecule has 1 aliphatic carbocycles. The lowest BCUT2D eigenvalue weighted by Crippen LogP contribution is -2.35. The van der Waals surface area contributed by atoms with E-state index in [1.807, 2.05) is 66.7 Å². The van der Waals surface area contributed by atoms with Crippen molar-refractivity contribution in [2.24, 2.45) is 0 Å². The van der Waals surface area contributed by atoms with Crippen LogP contribution >= 0.6 is 0 Å². The number of methoxy groups -OCH3 is 5.